The van der Waals surface area contributed by atoms with Gasteiger partial charge in [0, 0.05) is 6.04 Å². The number of aryl methyl sites for hydroxylation is 1. The van der Waals surface area contributed by atoms with Crippen molar-refractivity contribution in [3.63, 3.8) is 0 Å². The summed E-state index contributed by atoms with van der Waals surface area (Å²) in [5.74, 6) is 6.86. The largest absolute Gasteiger partial charge is 0.349 e. The van der Waals surface area contributed by atoms with Gasteiger partial charge in [-0.1, -0.05) is 11.8 Å². The van der Waals surface area contributed by atoms with Gasteiger partial charge in [-0.2, -0.15) is 11.8 Å². The van der Waals surface area contributed by atoms with Gasteiger partial charge >= 0.3 is 0 Å². The first-order valence-electron chi connectivity index (χ1n) is 6.17. The van der Waals surface area contributed by atoms with E-state index in [2.05, 4.69) is 23.4 Å². The third-order valence-electron chi connectivity index (χ3n) is 2.58. The van der Waals surface area contributed by atoms with Gasteiger partial charge in [-0.05, 0) is 43.9 Å². The van der Waals surface area contributed by atoms with E-state index in [1.165, 1.54) is 11.3 Å². The highest BCUT2D eigenvalue weighted by Crippen LogP contribution is 2.21. The SMILES string of the molecule is CSCCC(C)NC(=O)c1cc(C)c(C#CCN)s1. The van der Waals surface area contributed by atoms with E-state index < -0.39 is 0 Å². The van der Waals surface area contributed by atoms with Crippen molar-refractivity contribution in [3.8, 4) is 11.8 Å². The van der Waals surface area contributed by atoms with Crippen molar-refractivity contribution in [3.05, 3.63) is 21.4 Å². The van der Waals surface area contributed by atoms with Gasteiger partial charge in [0.1, 0.15) is 0 Å². The molecule has 0 fully saturated rings. The standard InChI is InChI=1S/C14H20N2OS2/c1-10-9-13(19-12(10)5-4-7-15)14(17)16-11(2)6-8-18-3/h9,11H,6-8,15H2,1-3H3,(H,16,17). The van der Waals surface area contributed by atoms with Crippen molar-refractivity contribution < 1.29 is 4.79 Å². The number of amides is 1. The predicted molar refractivity (Wildman–Crippen MR) is 84.9 cm³/mol. The summed E-state index contributed by atoms with van der Waals surface area (Å²) < 4.78 is 0. The van der Waals surface area contributed by atoms with Crippen LogP contribution in [0.15, 0.2) is 6.07 Å². The Morgan fingerprint density at radius 3 is 3.00 bits per heavy atom. The highest BCUT2D eigenvalue weighted by molar-refractivity contribution is 7.98. The fourth-order valence-electron chi connectivity index (χ4n) is 1.51. The molecule has 1 aromatic heterocycles. The van der Waals surface area contributed by atoms with Crippen LogP contribution in [-0.2, 0) is 0 Å². The quantitative estimate of drug-likeness (QED) is 0.819. The maximum atomic E-state index is 12.1. The van der Waals surface area contributed by atoms with Gasteiger partial charge in [-0.3, -0.25) is 4.79 Å². The van der Waals surface area contributed by atoms with Gasteiger partial charge in [0.2, 0.25) is 0 Å². The Kier molecular flexibility index (Phi) is 7.00. The molecule has 3 N–H and O–H groups in total. The highest BCUT2D eigenvalue weighted by Gasteiger charge is 2.13. The molecule has 0 aliphatic heterocycles. The molecule has 1 rings (SSSR count). The molecule has 1 aromatic rings. The number of rotatable bonds is 5. The van der Waals surface area contributed by atoms with Crippen LogP contribution in [0, 0.1) is 18.8 Å². The lowest BCUT2D eigenvalue weighted by atomic mass is 10.2. The number of carbonyl (C=O) groups is 1. The van der Waals surface area contributed by atoms with Crippen molar-refractivity contribution in [1.82, 2.24) is 5.32 Å². The topological polar surface area (TPSA) is 55.1 Å². The normalized spacial score (nSPS) is 11.6. The summed E-state index contributed by atoms with van der Waals surface area (Å²) in [7, 11) is 0. The van der Waals surface area contributed by atoms with Crippen molar-refractivity contribution in [2.45, 2.75) is 26.3 Å². The van der Waals surface area contributed by atoms with E-state index in [0.29, 0.717) is 6.54 Å². The highest BCUT2D eigenvalue weighted by atomic mass is 32.2. The number of nitrogens with one attached hydrogen (secondary N) is 1. The lowest BCUT2D eigenvalue weighted by Crippen LogP contribution is -2.32. The van der Waals surface area contributed by atoms with E-state index >= 15 is 0 Å². The van der Waals surface area contributed by atoms with Gasteiger partial charge in [-0.25, -0.2) is 0 Å². The first-order valence-corrected chi connectivity index (χ1v) is 8.38. The predicted octanol–water partition coefficient (Wildman–Crippen LogP) is 2.24. The average Bonchev–Trinajstić information content (AvgIpc) is 2.75. The molecule has 1 unspecified atom stereocenters. The van der Waals surface area contributed by atoms with Gasteiger partial charge in [0.05, 0.1) is 16.3 Å². The first kappa shape index (κ1) is 16.1. The second-order valence-electron chi connectivity index (χ2n) is 4.28. The lowest BCUT2D eigenvalue weighted by molar-refractivity contribution is 0.0943. The second kappa shape index (κ2) is 8.26. The smallest absolute Gasteiger partial charge is 0.261 e. The molecule has 0 bridgehead atoms. The van der Waals surface area contributed by atoms with Crippen LogP contribution in [0.5, 0.6) is 0 Å². The van der Waals surface area contributed by atoms with E-state index in [-0.39, 0.29) is 11.9 Å². The van der Waals surface area contributed by atoms with E-state index in [9.17, 15) is 4.79 Å². The van der Waals surface area contributed by atoms with Gasteiger partial charge in [-0.15, -0.1) is 11.3 Å². The van der Waals surface area contributed by atoms with Crippen LogP contribution >= 0.6 is 23.1 Å². The molecule has 0 aliphatic rings. The van der Waals surface area contributed by atoms with E-state index in [4.69, 9.17) is 5.73 Å². The summed E-state index contributed by atoms with van der Waals surface area (Å²) >= 11 is 3.22. The Morgan fingerprint density at radius 2 is 2.37 bits per heavy atom. The van der Waals surface area contributed by atoms with E-state index in [0.717, 1.165) is 27.5 Å². The maximum Gasteiger partial charge on any atom is 0.261 e. The molecule has 0 aliphatic carbocycles. The summed E-state index contributed by atoms with van der Waals surface area (Å²) in [6.45, 7) is 4.33. The average molecular weight is 296 g/mol. The number of carbonyl (C=O) groups excluding carboxylic acids is 1. The molecule has 0 saturated carbocycles. The lowest BCUT2D eigenvalue weighted by Gasteiger charge is -2.11. The molecule has 3 nitrogen and oxygen atoms in total. The fraction of sp³-hybridized carbons (Fsp3) is 0.500. The summed E-state index contributed by atoms with van der Waals surface area (Å²) in [6.07, 6.45) is 3.05. The number of hydrogen-bond acceptors (Lipinski definition) is 4. The fourth-order valence-corrected chi connectivity index (χ4v) is 3.05. The molecule has 0 radical (unpaired) electrons. The van der Waals surface area contributed by atoms with Crippen molar-refractivity contribution in [2.75, 3.05) is 18.6 Å². The molecule has 1 atom stereocenters. The molecular formula is C14H20N2OS2. The zero-order valence-corrected chi connectivity index (χ0v) is 13.2. The molecule has 5 heteroatoms. The van der Waals surface area contributed by atoms with Crippen molar-refractivity contribution in [1.29, 1.82) is 0 Å². The van der Waals surface area contributed by atoms with Gasteiger partial charge in [0.25, 0.3) is 5.91 Å². The first-order chi connectivity index (χ1) is 9.08. The summed E-state index contributed by atoms with van der Waals surface area (Å²) in [5, 5.41) is 3.01. The Hall–Kier alpha value is -0.960. The minimum Gasteiger partial charge on any atom is -0.349 e. The number of thiophene rings is 1. The van der Waals surface area contributed by atoms with Gasteiger partial charge < -0.3 is 11.1 Å². The molecule has 1 heterocycles. The van der Waals surface area contributed by atoms with Crippen LogP contribution in [-0.4, -0.2) is 30.5 Å². The van der Waals surface area contributed by atoms with Crippen LogP contribution in [0.4, 0.5) is 0 Å². The van der Waals surface area contributed by atoms with E-state index in [1.54, 1.807) is 11.8 Å². The Balaban J connectivity index is 2.67. The molecule has 0 spiro atoms. The molecule has 19 heavy (non-hydrogen) atoms. The van der Waals surface area contributed by atoms with Crippen LogP contribution in [0.1, 0.15) is 33.5 Å². The Bertz CT molecular complexity index is 485. The Labute approximate surface area is 123 Å². The minimum absolute atomic E-state index is 0.0116. The minimum atomic E-state index is -0.0116. The Morgan fingerprint density at radius 1 is 1.63 bits per heavy atom. The number of nitrogens with two attached hydrogens (primary N) is 1. The van der Waals surface area contributed by atoms with Crippen LogP contribution in [0.2, 0.25) is 0 Å². The zero-order valence-electron chi connectivity index (χ0n) is 11.6. The summed E-state index contributed by atoms with van der Waals surface area (Å²) in [5.41, 5.74) is 6.39. The molecule has 0 saturated heterocycles. The third-order valence-corrected chi connectivity index (χ3v) is 4.37. The zero-order chi connectivity index (χ0) is 14.3. The monoisotopic (exact) mass is 296 g/mol. The molecule has 104 valence electrons. The summed E-state index contributed by atoms with van der Waals surface area (Å²) in [4.78, 5) is 13.7. The molecule has 1 amide bonds. The van der Waals surface area contributed by atoms with Gasteiger partial charge in [0.15, 0.2) is 0 Å². The maximum absolute atomic E-state index is 12.1. The van der Waals surface area contributed by atoms with Crippen LogP contribution in [0.25, 0.3) is 0 Å². The number of thioether (sulfide) groups is 1. The molecular weight excluding hydrogens is 276 g/mol. The second-order valence-corrected chi connectivity index (χ2v) is 6.32. The van der Waals surface area contributed by atoms with Crippen LogP contribution in [0.3, 0.4) is 0 Å². The molecule has 0 aromatic carbocycles. The third kappa shape index (κ3) is 5.27. The number of hydrogen-bond donors (Lipinski definition) is 2. The van der Waals surface area contributed by atoms with Crippen LogP contribution < -0.4 is 11.1 Å². The van der Waals surface area contributed by atoms with Crippen molar-refractivity contribution in [2.24, 2.45) is 5.73 Å². The van der Waals surface area contributed by atoms with Crippen molar-refractivity contribution >= 4 is 29.0 Å². The summed E-state index contributed by atoms with van der Waals surface area (Å²) in [6, 6.07) is 2.09. The van der Waals surface area contributed by atoms with E-state index in [1.807, 2.05) is 19.9 Å².